The Morgan fingerprint density at radius 1 is 0.818 bits per heavy atom. The maximum atomic E-state index is 10.8. The van der Waals surface area contributed by atoms with E-state index in [1.54, 1.807) is 13.8 Å². The first kappa shape index (κ1) is 24.9. The Hall–Kier alpha value is -1.22. The molecular formula is C22H32O11. The van der Waals surface area contributed by atoms with E-state index in [9.17, 15) is 25.5 Å². The Morgan fingerprint density at radius 2 is 1.45 bits per heavy atom. The van der Waals surface area contributed by atoms with Crippen molar-refractivity contribution in [3.63, 3.8) is 0 Å². The predicted octanol–water partition coefficient (Wildman–Crippen LogP) is -1.37. The summed E-state index contributed by atoms with van der Waals surface area (Å²) in [5.74, 6) is -0.997. The fourth-order valence-electron chi connectivity index (χ4n) is 4.38. The van der Waals surface area contributed by atoms with Gasteiger partial charge >= 0.3 is 0 Å². The van der Waals surface area contributed by atoms with Crippen LogP contribution in [-0.2, 0) is 35.0 Å². The van der Waals surface area contributed by atoms with Crippen LogP contribution in [0.5, 0.6) is 0 Å². The van der Waals surface area contributed by atoms with Crippen LogP contribution in [0.1, 0.15) is 19.4 Å². The maximum Gasteiger partial charge on any atom is 0.187 e. The number of aliphatic hydroxyl groups is 5. The molecule has 186 valence electrons. The summed E-state index contributed by atoms with van der Waals surface area (Å²) >= 11 is 0. The normalized spacial score (nSPS) is 42.8. The van der Waals surface area contributed by atoms with Gasteiger partial charge in [-0.25, -0.2) is 0 Å². The molecule has 10 atom stereocenters. The molecule has 3 aliphatic heterocycles. The predicted molar refractivity (Wildman–Crippen MR) is 109 cm³/mol. The highest BCUT2D eigenvalue weighted by atomic mass is 16.8. The smallest absolute Gasteiger partial charge is 0.187 e. The summed E-state index contributed by atoms with van der Waals surface area (Å²) in [5, 5.41) is 51.6. The van der Waals surface area contributed by atoms with Crippen molar-refractivity contribution in [3.8, 4) is 0 Å². The molecular weight excluding hydrogens is 440 g/mol. The molecule has 3 fully saturated rings. The summed E-state index contributed by atoms with van der Waals surface area (Å²) in [7, 11) is 0. The standard InChI is InChI=1S/C22H32O11/c1-22(2)32-18-13(9-24)30-21(16(27)19(18)33-22)31-17-12(8-23)29-20(15(26)14(17)25)28-10-11-6-4-3-5-7-11/h3-7,12-21,23-27H,8-10H2,1-2H3/t12-,13-,14-,15-,16+,17-,18-,19+,20-,21-/m0/s1. The van der Waals surface area contributed by atoms with Crippen LogP contribution in [0.2, 0.25) is 0 Å². The Bertz CT molecular complexity index is 760. The first-order chi connectivity index (χ1) is 15.7. The molecule has 0 radical (unpaired) electrons. The van der Waals surface area contributed by atoms with Gasteiger partial charge in [-0.2, -0.15) is 0 Å². The molecule has 11 nitrogen and oxygen atoms in total. The van der Waals surface area contributed by atoms with Gasteiger partial charge in [-0.15, -0.1) is 0 Å². The lowest BCUT2D eigenvalue weighted by molar-refractivity contribution is -0.354. The minimum absolute atomic E-state index is 0.123. The molecule has 3 heterocycles. The number of aliphatic hydroxyl groups excluding tert-OH is 5. The third-order valence-electron chi connectivity index (χ3n) is 6.00. The van der Waals surface area contributed by atoms with E-state index in [1.165, 1.54) is 0 Å². The summed E-state index contributed by atoms with van der Waals surface area (Å²) in [6, 6.07) is 9.21. The van der Waals surface area contributed by atoms with E-state index in [0.717, 1.165) is 5.56 Å². The number of rotatable bonds is 7. The van der Waals surface area contributed by atoms with Crippen molar-refractivity contribution in [2.75, 3.05) is 13.2 Å². The van der Waals surface area contributed by atoms with E-state index in [4.69, 9.17) is 28.4 Å². The zero-order valence-corrected chi connectivity index (χ0v) is 18.5. The van der Waals surface area contributed by atoms with Gasteiger partial charge in [0, 0.05) is 0 Å². The third kappa shape index (κ3) is 5.24. The average Bonchev–Trinajstić information content (AvgIpc) is 3.14. The van der Waals surface area contributed by atoms with Gasteiger partial charge in [0.05, 0.1) is 19.8 Å². The molecule has 11 heteroatoms. The molecule has 1 aromatic carbocycles. The molecule has 0 unspecified atom stereocenters. The van der Waals surface area contributed by atoms with E-state index < -0.39 is 80.4 Å². The van der Waals surface area contributed by atoms with Crippen LogP contribution >= 0.6 is 0 Å². The second kappa shape index (κ2) is 10.2. The molecule has 0 bridgehead atoms. The summed E-state index contributed by atoms with van der Waals surface area (Å²) in [5.41, 5.74) is 0.840. The van der Waals surface area contributed by atoms with Crippen molar-refractivity contribution in [2.24, 2.45) is 0 Å². The summed E-state index contributed by atoms with van der Waals surface area (Å²) in [4.78, 5) is 0. The fourth-order valence-corrected chi connectivity index (χ4v) is 4.38. The number of fused-ring (bicyclic) bond motifs is 1. The molecule has 0 spiro atoms. The Morgan fingerprint density at radius 3 is 2.12 bits per heavy atom. The highest BCUT2D eigenvalue weighted by Crippen LogP contribution is 2.38. The first-order valence-corrected chi connectivity index (χ1v) is 11.0. The summed E-state index contributed by atoms with van der Waals surface area (Å²) < 4.78 is 34.2. The number of hydrogen-bond donors (Lipinski definition) is 5. The van der Waals surface area contributed by atoms with Crippen LogP contribution in [0.4, 0.5) is 0 Å². The van der Waals surface area contributed by atoms with Gasteiger partial charge in [0.1, 0.15) is 48.8 Å². The van der Waals surface area contributed by atoms with Crippen LogP contribution in [-0.4, -0.2) is 106 Å². The zero-order valence-electron chi connectivity index (χ0n) is 18.5. The summed E-state index contributed by atoms with van der Waals surface area (Å²) in [6.45, 7) is 2.50. The second-order valence-corrected chi connectivity index (χ2v) is 8.88. The molecule has 4 rings (SSSR count). The lowest BCUT2D eigenvalue weighted by atomic mass is 9.97. The molecule has 3 saturated heterocycles. The quantitative estimate of drug-likeness (QED) is 0.319. The van der Waals surface area contributed by atoms with Crippen LogP contribution in [0.15, 0.2) is 30.3 Å². The maximum absolute atomic E-state index is 10.8. The van der Waals surface area contributed by atoms with Gasteiger partial charge in [-0.3, -0.25) is 0 Å². The number of benzene rings is 1. The van der Waals surface area contributed by atoms with Crippen LogP contribution in [0, 0.1) is 0 Å². The van der Waals surface area contributed by atoms with Crippen molar-refractivity contribution in [2.45, 2.75) is 87.7 Å². The minimum atomic E-state index is -1.52. The van der Waals surface area contributed by atoms with E-state index in [1.807, 2.05) is 30.3 Å². The zero-order chi connectivity index (χ0) is 23.8. The Labute approximate surface area is 191 Å². The van der Waals surface area contributed by atoms with E-state index >= 15 is 0 Å². The molecule has 0 amide bonds. The van der Waals surface area contributed by atoms with Gasteiger partial charge in [-0.05, 0) is 19.4 Å². The number of hydrogen-bond acceptors (Lipinski definition) is 11. The molecule has 0 saturated carbocycles. The van der Waals surface area contributed by atoms with E-state index in [2.05, 4.69) is 0 Å². The van der Waals surface area contributed by atoms with Crippen molar-refractivity contribution in [1.29, 1.82) is 0 Å². The first-order valence-electron chi connectivity index (χ1n) is 11.0. The number of ether oxygens (including phenoxy) is 6. The average molecular weight is 472 g/mol. The molecule has 5 N–H and O–H groups in total. The molecule has 0 aliphatic carbocycles. The van der Waals surface area contributed by atoms with Crippen LogP contribution in [0.25, 0.3) is 0 Å². The van der Waals surface area contributed by atoms with Crippen LogP contribution < -0.4 is 0 Å². The van der Waals surface area contributed by atoms with Gasteiger partial charge in [0.25, 0.3) is 0 Å². The molecule has 33 heavy (non-hydrogen) atoms. The largest absolute Gasteiger partial charge is 0.394 e. The van der Waals surface area contributed by atoms with Crippen LogP contribution in [0.3, 0.4) is 0 Å². The summed E-state index contributed by atoms with van der Waals surface area (Å²) in [6.07, 6.45) is -11.6. The highest BCUT2D eigenvalue weighted by Gasteiger charge is 2.56. The molecule has 0 aromatic heterocycles. The molecule has 3 aliphatic rings. The second-order valence-electron chi connectivity index (χ2n) is 8.88. The Balaban J connectivity index is 1.43. The monoisotopic (exact) mass is 472 g/mol. The van der Waals surface area contributed by atoms with Gasteiger partial charge in [-0.1, -0.05) is 30.3 Å². The van der Waals surface area contributed by atoms with Crippen molar-refractivity contribution in [3.05, 3.63) is 35.9 Å². The van der Waals surface area contributed by atoms with E-state index in [0.29, 0.717) is 0 Å². The van der Waals surface area contributed by atoms with E-state index in [-0.39, 0.29) is 6.61 Å². The van der Waals surface area contributed by atoms with Crippen molar-refractivity contribution < 1.29 is 54.0 Å². The SMILES string of the molecule is CC1(C)O[C@@H]2[C@@H](O)[C@H](O[C@@H]3[C@@H](O)[C@H](O)[C@@H](OCc4ccccc4)O[C@H]3CO)O[C@@H](CO)[C@@H]2O1. The third-order valence-corrected chi connectivity index (χ3v) is 6.00. The lowest BCUT2D eigenvalue weighted by Gasteiger charge is -2.45. The van der Waals surface area contributed by atoms with Gasteiger partial charge < -0.3 is 54.0 Å². The Kier molecular flexibility index (Phi) is 7.68. The van der Waals surface area contributed by atoms with Gasteiger partial charge in [0.2, 0.25) is 0 Å². The van der Waals surface area contributed by atoms with Crippen molar-refractivity contribution in [1.82, 2.24) is 0 Å². The minimum Gasteiger partial charge on any atom is -0.394 e. The fraction of sp³-hybridized carbons (Fsp3) is 0.727. The lowest BCUT2D eigenvalue weighted by Crippen LogP contribution is -2.64. The topological polar surface area (TPSA) is 157 Å². The van der Waals surface area contributed by atoms with Crippen molar-refractivity contribution >= 4 is 0 Å². The van der Waals surface area contributed by atoms with Gasteiger partial charge in [0.15, 0.2) is 18.4 Å². The highest BCUT2D eigenvalue weighted by molar-refractivity contribution is 5.13. The molecule has 1 aromatic rings.